The quantitative estimate of drug-likeness (QED) is 0.0281. The number of hydrogen-bond acceptors (Lipinski definition) is 7. The highest BCUT2D eigenvalue weighted by atomic mass is 31.2. The zero-order chi connectivity index (χ0) is 33.9. The molecule has 1 aliphatic heterocycles. The van der Waals surface area contributed by atoms with E-state index in [-0.39, 0.29) is 32.4 Å². The van der Waals surface area contributed by atoms with Crippen molar-refractivity contribution in [1.29, 1.82) is 0 Å². The van der Waals surface area contributed by atoms with Crippen molar-refractivity contribution < 1.29 is 32.4 Å². The number of allylic oxidation sites excluding steroid dienone is 1. The maximum atomic E-state index is 12.5. The number of phosphoric ester groups is 1. The topological polar surface area (TPSA) is 80.3 Å². The second kappa shape index (κ2) is 33.6. The van der Waals surface area contributed by atoms with Crippen LogP contribution in [0.1, 0.15) is 200 Å². The van der Waals surface area contributed by atoms with Crippen LogP contribution >= 0.6 is 7.82 Å². The second-order valence-electron chi connectivity index (χ2n) is 13.6. The van der Waals surface area contributed by atoms with E-state index in [1.54, 1.807) is 6.26 Å². The van der Waals surface area contributed by atoms with Gasteiger partial charge in [-0.1, -0.05) is 174 Å². The molecule has 0 amide bonds. The molecule has 0 aromatic rings. The number of esters is 1. The van der Waals surface area contributed by atoms with E-state index >= 15 is 0 Å². The lowest BCUT2D eigenvalue weighted by molar-refractivity contribution is -0.153. The van der Waals surface area contributed by atoms with Crippen molar-refractivity contribution in [2.45, 2.75) is 206 Å². The highest BCUT2D eigenvalue weighted by Gasteiger charge is 2.33. The van der Waals surface area contributed by atoms with Crippen LogP contribution in [0.5, 0.6) is 0 Å². The van der Waals surface area contributed by atoms with E-state index in [0.717, 1.165) is 32.1 Å². The summed E-state index contributed by atoms with van der Waals surface area (Å²) < 4.78 is 39.3. The minimum Gasteiger partial charge on any atom is -0.498 e. The smallest absolute Gasteiger partial charge is 0.475 e. The van der Waals surface area contributed by atoms with Crippen LogP contribution in [0.3, 0.4) is 0 Å². The summed E-state index contributed by atoms with van der Waals surface area (Å²) in [5.41, 5.74) is 0. The number of ether oxygens (including phenoxy) is 2. The molecule has 278 valence electrons. The zero-order valence-corrected chi connectivity index (χ0v) is 31.8. The van der Waals surface area contributed by atoms with Gasteiger partial charge in [0.25, 0.3) is 0 Å². The molecule has 1 atom stereocenters. The largest absolute Gasteiger partial charge is 0.498 e. The molecule has 0 N–H and O–H groups in total. The van der Waals surface area contributed by atoms with E-state index in [2.05, 4.69) is 13.8 Å². The van der Waals surface area contributed by atoms with Gasteiger partial charge in [-0.2, -0.15) is 0 Å². The minimum atomic E-state index is -3.56. The molecule has 0 spiro atoms. The van der Waals surface area contributed by atoms with E-state index in [0.29, 0.717) is 6.42 Å². The molecule has 47 heavy (non-hydrogen) atoms. The molecule has 1 fully saturated rings. The zero-order valence-electron chi connectivity index (χ0n) is 30.9. The van der Waals surface area contributed by atoms with Crippen molar-refractivity contribution in [3.8, 4) is 0 Å². The molecule has 1 rings (SSSR count). The number of rotatable bonds is 36. The molecule has 1 aliphatic rings. The summed E-state index contributed by atoms with van der Waals surface area (Å²) in [4.78, 5) is 12.5. The summed E-state index contributed by atoms with van der Waals surface area (Å²) in [6.45, 7) is 5.06. The lowest BCUT2D eigenvalue weighted by Crippen LogP contribution is -2.27. The van der Waals surface area contributed by atoms with Crippen molar-refractivity contribution in [1.82, 2.24) is 0 Å². The van der Waals surface area contributed by atoms with Gasteiger partial charge < -0.3 is 9.47 Å². The van der Waals surface area contributed by atoms with Crippen molar-refractivity contribution in [3.63, 3.8) is 0 Å². The summed E-state index contributed by atoms with van der Waals surface area (Å²) in [6.07, 6.45) is 39.7. The Morgan fingerprint density at radius 2 is 1.00 bits per heavy atom. The van der Waals surface area contributed by atoms with Crippen LogP contribution in [0.15, 0.2) is 12.3 Å². The lowest BCUT2D eigenvalue weighted by atomic mass is 10.0. The molecule has 1 saturated heterocycles. The third-order valence-electron chi connectivity index (χ3n) is 8.98. The predicted octanol–water partition coefficient (Wildman–Crippen LogP) is 13.0. The van der Waals surface area contributed by atoms with E-state index in [1.165, 1.54) is 148 Å². The van der Waals surface area contributed by atoms with Gasteiger partial charge in [0.15, 0.2) is 6.10 Å². The first-order valence-electron chi connectivity index (χ1n) is 20.1. The number of carbonyl (C=O) groups excluding carboxylic acids is 1. The third kappa shape index (κ3) is 29.7. The van der Waals surface area contributed by atoms with Gasteiger partial charge in [-0.05, 0) is 25.3 Å². The highest BCUT2D eigenvalue weighted by molar-refractivity contribution is 7.48. The van der Waals surface area contributed by atoms with Gasteiger partial charge in [0.05, 0.1) is 26.1 Å². The molecular weight excluding hydrogens is 611 g/mol. The van der Waals surface area contributed by atoms with Crippen LogP contribution in [0.25, 0.3) is 0 Å². The van der Waals surface area contributed by atoms with E-state index in [4.69, 9.17) is 23.0 Å². The normalized spacial score (nSPS) is 15.0. The first kappa shape index (κ1) is 44.1. The molecule has 0 bridgehead atoms. The lowest BCUT2D eigenvalue weighted by Gasteiger charge is -2.19. The Morgan fingerprint density at radius 3 is 1.45 bits per heavy atom. The summed E-state index contributed by atoms with van der Waals surface area (Å²) in [6, 6.07) is 0. The van der Waals surface area contributed by atoms with Crippen molar-refractivity contribution >= 4 is 13.8 Å². The Hall–Kier alpha value is -0.880. The molecule has 0 aromatic carbocycles. The summed E-state index contributed by atoms with van der Waals surface area (Å²) in [7, 11) is -3.56. The van der Waals surface area contributed by atoms with Gasteiger partial charge in [0, 0.05) is 6.42 Å². The average molecular weight is 687 g/mol. The van der Waals surface area contributed by atoms with Gasteiger partial charge in [-0.3, -0.25) is 18.4 Å². The molecule has 7 nitrogen and oxygen atoms in total. The van der Waals surface area contributed by atoms with Gasteiger partial charge in [0.2, 0.25) is 0 Å². The van der Waals surface area contributed by atoms with Crippen LogP contribution in [0.4, 0.5) is 0 Å². The molecule has 0 aromatic heterocycles. The maximum Gasteiger partial charge on any atom is 0.475 e. The fraction of sp³-hybridized carbons (Fsp3) is 0.923. The second-order valence-corrected chi connectivity index (χ2v) is 15.3. The van der Waals surface area contributed by atoms with Crippen molar-refractivity contribution in [2.24, 2.45) is 0 Å². The van der Waals surface area contributed by atoms with E-state index in [1.807, 2.05) is 6.08 Å². The number of hydrogen-bond donors (Lipinski definition) is 0. The Morgan fingerprint density at radius 1 is 0.596 bits per heavy atom. The monoisotopic (exact) mass is 687 g/mol. The van der Waals surface area contributed by atoms with Gasteiger partial charge in [0.1, 0.15) is 6.61 Å². The standard InChI is InChI=1S/C39H75O7P/c1-3-5-7-9-11-13-15-17-18-19-21-23-25-27-29-31-33-42-36-38(37-45-47(41)43-34-35-44-47)46-39(40)32-30-28-26-24-22-20-16-14-12-10-8-6-4-2/h31,33,38H,3-30,32,34-37H2,1-2H3/b33-31+/t38-/m1/s1. The van der Waals surface area contributed by atoms with E-state index < -0.39 is 13.9 Å². The Bertz CT molecular complexity index is 750. The minimum absolute atomic E-state index is 0.0889. The van der Waals surface area contributed by atoms with Gasteiger partial charge in [-0.25, -0.2) is 4.57 Å². The van der Waals surface area contributed by atoms with Crippen LogP contribution in [0.2, 0.25) is 0 Å². The van der Waals surface area contributed by atoms with Crippen molar-refractivity contribution in [3.05, 3.63) is 12.3 Å². The Balaban J connectivity index is 2.10. The average Bonchev–Trinajstić information content (AvgIpc) is 3.51. The summed E-state index contributed by atoms with van der Waals surface area (Å²) >= 11 is 0. The SMILES string of the molecule is CCCCCCCCCCCCCCCC/C=C/OC[C@H](COP1(=O)OCCO1)OC(=O)CCCCCCCCCCCCCCC. The van der Waals surface area contributed by atoms with Crippen LogP contribution in [-0.2, 0) is 32.4 Å². The number of phosphoric acid groups is 1. The van der Waals surface area contributed by atoms with Crippen LogP contribution in [0, 0.1) is 0 Å². The molecule has 0 saturated carbocycles. The highest BCUT2D eigenvalue weighted by Crippen LogP contribution is 2.52. The van der Waals surface area contributed by atoms with Gasteiger partial charge in [-0.15, -0.1) is 0 Å². The molecule has 8 heteroatoms. The maximum absolute atomic E-state index is 12.5. The van der Waals surface area contributed by atoms with Crippen LogP contribution in [-0.4, -0.2) is 38.5 Å². The van der Waals surface area contributed by atoms with Crippen molar-refractivity contribution in [2.75, 3.05) is 26.4 Å². The fourth-order valence-corrected chi connectivity index (χ4v) is 7.16. The molecule has 1 heterocycles. The summed E-state index contributed by atoms with van der Waals surface area (Å²) in [5.74, 6) is -0.275. The summed E-state index contributed by atoms with van der Waals surface area (Å²) in [5, 5.41) is 0. The number of unbranched alkanes of at least 4 members (excludes halogenated alkanes) is 26. The third-order valence-corrected chi connectivity index (χ3v) is 10.4. The fourth-order valence-electron chi connectivity index (χ4n) is 5.99. The molecular formula is C39H75O7P. The van der Waals surface area contributed by atoms with Crippen LogP contribution < -0.4 is 0 Å². The first-order valence-corrected chi connectivity index (χ1v) is 21.6. The Labute approximate surface area is 290 Å². The molecule has 0 unspecified atom stereocenters. The molecule has 0 aliphatic carbocycles. The first-order chi connectivity index (χ1) is 23.1. The Kier molecular flexibility index (Phi) is 31.6. The van der Waals surface area contributed by atoms with Gasteiger partial charge >= 0.3 is 13.8 Å². The number of carbonyl (C=O) groups is 1. The predicted molar refractivity (Wildman–Crippen MR) is 196 cm³/mol. The molecule has 0 radical (unpaired) electrons. The van der Waals surface area contributed by atoms with E-state index in [9.17, 15) is 9.36 Å².